The Morgan fingerprint density at radius 1 is 0.821 bits per heavy atom. The summed E-state index contributed by atoms with van der Waals surface area (Å²) in [4.78, 5) is 11.6. The first-order valence-electron chi connectivity index (χ1n) is 13.1. The Balaban J connectivity index is 1.44. The van der Waals surface area contributed by atoms with Crippen LogP contribution in [0.2, 0.25) is 0 Å². The zero-order valence-electron chi connectivity index (χ0n) is 22.0. The third-order valence-corrected chi connectivity index (χ3v) is 7.16. The minimum absolute atomic E-state index is 0.293. The van der Waals surface area contributed by atoms with Crippen LogP contribution in [0.25, 0.3) is 0 Å². The molecule has 0 spiro atoms. The fraction of sp³-hybridized carbons (Fsp3) is 0.281. The van der Waals surface area contributed by atoms with Crippen molar-refractivity contribution in [1.29, 1.82) is 0 Å². The standard InChI is InChI=1S/C32H34N2O5/c1-32(38-22-26-15-9-4-10-16-26)30(28-18-17-27(19-35)34(28)33)39-29(23-36-20-24-11-5-2-6-12-24)31(32)37-21-25-13-7-3-8-14-25/h2-19,29-31H,20-23,33H2,1H3/t29?,30-,31+,32-/m0/s1. The highest BCUT2D eigenvalue weighted by Crippen LogP contribution is 2.46. The second-order valence-electron chi connectivity index (χ2n) is 9.90. The van der Waals surface area contributed by atoms with Gasteiger partial charge in [0.1, 0.15) is 29.6 Å². The molecule has 2 heterocycles. The maximum atomic E-state index is 11.6. The Kier molecular flexibility index (Phi) is 8.54. The van der Waals surface area contributed by atoms with Gasteiger partial charge in [-0.15, -0.1) is 0 Å². The van der Waals surface area contributed by atoms with Gasteiger partial charge in [-0.1, -0.05) is 91.0 Å². The lowest BCUT2D eigenvalue weighted by Crippen LogP contribution is -2.47. The molecule has 7 heteroatoms. The molecule has 0 amide bonds. The van der Waals surface area contributed by atoms with Gasteiger partial charge in [0, 0.05) is 0 Å². The van der Waals surface area contributed by atoms with Gasteiger partial charge in [-0.2, -0.15) is 0 Å². The molecule has 202 valence electrons. The Bertz CT molecular complexity index is 1330. The molecule has 1 aliphatic rings. The molecule has 0 saturated carbocycles. The largest absolute Gasteiger partial charge is 0.374 e. The van der Waals surface area contributed by atoms with Gasteiger partial charge in [0.2, 0.25) is 0 Å². The fourth-order valence-electron chi connectivity index (χ4n) is 5.05. The lowest BCUT2D eigenvalue weighted by Gasteiger charge is -2.35. The summed E-state index contributed by atoms with van der Waals surface area (Å²) in [6, 6.07) is 33.5. The first kappa shape index (κ1) is 26.8. The van der Waals surface area contributed by atoms with Gasteiger partial charge < -0.3 is 24.8 Å². The highest BCUT2D eigenvalue weighted by molar-refractivity contribution is 5.72. The number of benzene rings is 3. The smallest absolute Gasteiger partial charge is 0.168 e. The monoisotopic (exact) mass is 526 g/mol. The van der Waals surface area contributed by atoms with Crippen molar-refractivity contribution in [2.75, 3.05) is 12.4 Å². The van der Waals surface area contributed by atoms with Gasteiger partial charge in [0.25, 0.3) is 0 Å². The Morgan fingerprint density at radius 3 is 1.95 bits per heavy atom. The summed E-state index contributed by atoms with van der Waals surface area (Å²) in [5.74, 6) is 6.33. The number of carbonyl (C=O) groups is 1. The summed E-state index contributed by atoms with van der Waals surface area (Å²) >= 11 is 0. The van der Waals surface area contributed by atoms with E-state index >= 15 is 0 Å². The fourth-order valence-corrected chi connectivity index (χ4v) is 5.05. The third-order valence-electron chi connectivity index (χ3n) is 7.16. The molecule has 1 unspecified atom stereocenters. The first-order chi connectivity index (χ1) is 19.1. The molecule has 1 saturated heterocycles. The number of nitrogens with zero attached hydrogens (tertiary/aromatic N) is 1. The van der Waals surface area contributed by atoms with Gasteiger partial charge >= 0.3 is 0 Å². The van der Waals surface area contributed by atoms with E-state index in [0.717, 1.165) is 23.0 Å². The van der Waals surface area contributed by atoms with Crippen molar-refractivity contribution in [3.05, 3.63) is 131 Å². The van der Waals surface area contributed by atoms with Crippen LogP contribution in [0.3, 0.4) is 0 Å². The average Bonchev–Trinajstić information content (AvgIpc) is 3.48. The van der Waals surface area contributed by atoms with Crippen LogP contribution in [0.4, 0.5) is 0 Å². The summed E-state index contributed by atoms with van der Waals surface area (Å²) in [5.41, 5.74) is 3.18. The normalized spacial score (nSPS) is 22.6. The third kappa shape index (κ3) is 6.13. The van der Waals surface area contributed by atoms with Crippen molar-refractivity contribution in [3.8, 4) is 0 Å². The van der Waals surface area contributed by atoms with Gasteiger partial charge in [0.15, 0.2) is 6.29 Å². The van der Waals surface area contributed by atoms with Crippen molar-refractivity contribution in [1.82, 2.24) is 4.68 Å². The maximum absolute atomic E-state index is 11.6. The molecule has 7 nitrogen and oxygen atoms in total. The summed E-state index contributed by atoms with van der Waals surface area (Å²) in [6.07, 6.45) is -0.815. The molecule has 1 fully saturated rings. The van der Waals surface area contributed by atoms with Crippen LogP contribution in [0.15, 0.2) is 103 Å². The number of aldehydes is 1. The molecular weight excluding hydrogens is 492 g/mol. The predicted octanol–water partition coefficient (Wildman–Crippen LogP) is 5.23. The summed E-state index contributed by atoms with van der Waals surface area (Å²) < 4.78 is 27.4. The van der Waals surface area contributed by atoms with Crippen molar-refractivity contribution in [2.24, 2.45) is 0 Å². The number of nitrogen functional groups attached to an aromatic ring is 1. The molecular formula is C32H34N2O5. The van der Waals surface area contributed by atoms with Crippen LogP contribution in [0, 0.1) is 0 Å². The van der Waals surface area contributed by atoms with E-state index in [9.17, 15) is 4.79 Å². The van der Waals surface area contributed by atoms with E-state index in [0.29, 0.717) is 37.8 Å². The molecule has 3 aromatic carbocycles. The van der Waals surface area contributed by atoms with Crippen LogP contribution < -0.4 is 5.84 Å². The summed E-state index contributed by atoms with van der Waals surface area (Å²) in [5, 5.41) is 0. The van der Waals surface area contributed by atoms with Crippen molar-refractivity contribution in [2.45, 2.75) is 50.7 Å². The Labute approximate surface area is 229 Å². The first-order valence-corrected chi connectivity index (χ1v) is 13.1. The quantitative estimate of drug-likeness (QED) is 0.201. The average molecular weight is 527 g/mol. The van der Waals surface area contributed by atoms with E-state index < -0.39 is 23.9 Å². The van der Waals surface area contributed by atoms with Crippen LogP contribution in [0.1, 0.15) is 45.9 Å². The summed E-state index contributed by atoms with van der Waals surface area (Å²) in [7, 11) is 0. The number of hydrogen-bond donors (Lipinski definition) is 1. The van der Waals surface area contributed by atoms with E-state index in [-0.39, 0.29) is 0 Å². The highest BCUT2D eigenvalue weighted by atomic mass is 16.6. The van der Waals surface area contributed by atoms with Gasteiger partial charge in [-0.05, 0) is 35.7 Å². The highest BCUT2D eigenvalue weighted by Gasteiger charge is 2.57. The Hall–Kier alpha value is -3.75. The molecule has 1 aliphatic heterocycles. The molecule has 0 bridgehead atoms. The zero-order valence-corrected chi connectivity index (χ0v) is 22.0. The molecule has 0 aliphatic carbocycles. The molecule has 39 heavy (non-hydrogen) atoms. The van der Waals surface area contributed by atoms with Crippen LogP contribution in [-0.4, -0.2) is 35.4 Å². The van der Waals surface area contributed by atoms with Crippen molar-refractivity contribution in [3.63, 3.8) is 0 Å². The van der Waals surface area contributed by atoms with E-state index in [2.05, 4.69) is 0 Å². The lowest BCUT2D eigenvalue weighted by molar-refractivity contribution is -0.148. The molecule has 5 rings (SSSR count). The number of nitrogens with two attached hydrogens (primary N) is 1. The van der Waals surface area contributed by atoms with Crippen LogP contribution in [0.5, 0.6) is 0 Å². The van der Waals surface area contributed by atoms with E-state index in [1.54, 1.807) is 12.1 Å². The summed E-state index contributed by atoms with van der Waals surface area (Å²) in [6.45, 7) is 3.46. The number of hydrogen-bond acceptors (Lipinski definition) is 6. The lowest BCUT2D eigenvalue weighted by atomic mass is 9.90. The predicted molar refractivity (Wildman–Crippen MR) is 148 cm³/mol. The topological polar surface area (TPSA) is 84.9 Å². The minimum Gasteiger partial charge on any atom is -0.374 e. The zero-order chi connectivity index (χ0) is 27.1. The molecule has 2 N–H and O–H groups in total. The number of carbonyl (C=O) groups excluding carboxylic acids is 1. The number of ether oxygens (including phenoxy) is 4. The van der Waals surface area contributed by atoms with Crippen molar-refractivity contribution < 1.29 is 23.7 Å². The van der Waals surface area contributed by atoms with Crippen molar-refractivity contribution >= 4 is 6.29 Å². The second-order valence-corrected chi connectivity index (χ2v) is 9.90. The molecule has 1 aromatic heterocycles. The number of aromatic nitrogens is 1. The molecule has 0 radical (unpaired) electrons. The van der Waals surface area contributed by atoms with Gasteiger partial charge in [-0.25, -0.2) is 0 Å². The van der Waals surface area contributed by atoms with E-state index in [1.165, 1.54) is 4.68 Å². The van der Waals surface area contributed by atoms with Gasteiger partial charge in [0.05, 0.1) is 32.1 Å². The SMILES string of the molecule is C[C@@]1(OCc2ccccc2)[C@H](OCc2ccccc2)C(COCc2ccccc2)O[C@H]1c1ccc(C=O)n1N. The van der Waals surface area contributed by atoms with Gasteiger partial charge in [-0.3, -0.25) is 9.47 Å². The van der Waals surface area contributed by atoms with Crippen LogP contribution >= 0.6 is 0 Å². The molecule has 4 atom stereocenters. The molecule has 4 aromatic rings. The minimum atomic E-state index is -0.943. The maximum Gasteiger partial charge on any atom is 0.168 e. The Morgan fingerprint density at radius 2 is 1.38 bits per heavy atom. The van der Waals surface area contributed by atoms with E-state index in [4.69, 9.17) is 24.8 Å². The van der Waals surface area contributed by atoms with Crippen LogP contribution in [-0.2, 0) is 38.8 Å². The second kappa shape index (κ2) is 12.4. The number of rotatable bonds is 12. The van der Waals surface area contributed by atoms with E-state index in [1.807, 2.05) is 97.9 Å².